The Hall–Kier alpha value is -2.43. The minimum atomic E-state index is 0.892. The fourth-order valence-corrected chi connectivity index (χ4v) is 1.79. The maximum Gasteiger partial charge on any atom is 0.116 e. The molecule has 0 radical (unpaired) electrons. The fraction of sp³-hybridized carbons (Fsp3) is 0.0833. The predicted octanol–water partition coefficient (Wildman–Crippen LogP) is 1.83. The summed E-state index contributed by atoms with van der Waals surface area (Å²) in [6.45, 7) is 0. The highest BCUT2D eigenvalue weighted by Crippen LogP contribution is 2.21. The molecule has 0 aliphatic heterocycles. The molecule has 0 saturated heterocycles. The molecule has 0 saturated carbocycles. The van der Waals surface area contributed by atoms with Crippen molar-refractivity contribution in [1.82, 2.24) is 19.6 Å². The second kappa shape index (κ2) is 3.86. The molecular formula is C12H11N5. The summed E-state index contributed by atoms with van der Waals surface area (Å²) < 4.78 is 1.84. The highest BCUT2D eigenvalue weighted by molar-refractivity contribution is 5.73. The Bertz CT molecular complexity index is 644. The molecule has 3 heterocycles. The van der Waals surface area contributed by atoms with Gasteiger partial charge in [-0.1, -0.05) is 0 Å². The van der Waals surface area contributed by atoms with Gasteiger partial charge in [-0.15, -0.1) is 0 Å². The first-order valence-corrected chi connectivity index (χ1v) is 5.30. The monoisotopic (exact) mass is 225 g/mol. The van der Waals surface area contributed by atoms with E-state index in [2.05, 4.69) is 20.4 Å². The van der Waals surface area contributed by atoms with Gasteiger partial charge in [0.25, 0.3) is 0 Å². The molecule has 17 heavy (non-hydrogen) atoms. The smallest absolute Gasteiger partial charge is 0.116 e. The van der Waals surface area contributed by atoms with Crippen LogP contribution in [0.4, 0.5) is 5.69 Å². The van der Waals surface area contributed by atoms with Crippen molar-refractivity contribution in [3.05, 3.63) is 43.1 Å². The number of nitrogens with zero attached hydrogens (tertiary/aromatic N) is 4. The van der Waals surface area contributed by atoms with Crippen molar-refractivity contribution in [2.75, 3.05) is 12.4 Å². The van der Waals surface area contributed by atoms with Gasteiger partial charge in [0, 0.05) is 25.0 Å². The summed E-state index contributed by atoms with van der Waals surface area (Å²) in [7, 11) is 1.88. The molecule has 3 aromatic heterocycles. The van der Waals surface area contributed by atoms with Gasteiger partial charge in [0.2, 0.25) is 0 Å². The predicted molar refractivity (Wildman–Crippen MR) is 65.8 cm³/mol. The van der Waals surface area contributed by atoms with Crippen LogP contribution < -0.4 is 5.32 Å². The molecule has 5 nitrogen and oxygen atoms in total. The van der Waals surface area contributed by atoms with Crippen molar-refractivity contribution in [2.45, 2.75) is 0 Å². The first-order valence-electron chi connectivity index (χ1n) is 5.30. The molecular weight excluding hydrogens is 214 g/mol. The molecule has 0 atom stereocenters. The van der Waals surface area contributed by atoms with Crippen LogP contribution in [0, 0.1) is 0 Å². The van der Waals surface area contributed by atoms with E-state index in [9.17, 15) is 0 Å². The lowest BCUT2D eigenvalue weighted by Gasteiger charge is -2.02. The lowest BCUT2D eigenvalue weighted by Crippen LogP contribution is -1.91. The Morgan fingerprint density at radius 1 is 1.24 bits per heavy atom. The van der Waals surface area contributed by atoms with Crippen molar-refractivity contribution in [2.24, 2.45) is 0 Å². The summed E-state index contributed by atoms with van der Waals surface area (Å²) in [5.74, 6) is 0. The summed E-state index contributed by atoms with van der Waals surface area (Å²) >= 11 is 0. The van der Waals surface area contributed by atoms with E-state index >= 15 is 0 Å². The quantitative estimate of drug-likeness (QED) is 0.723. The Morgan fingerprint density at radius 3 is 2.94 bits per heavy atom. The topological polar surface area (TPSA) is 55.1 Å². The molecule has 5 heteroatoms. The zero-order valence-corrected chi connectivity index (χ0v) is 9.33. The zero-order valence-electron chi connectivity index (χ0n) is 9.33. The van der Waals surface area contributed by atoms with Crippen LogP contribution in [-0.4, -0.2) is 26.6 Å². The lowest BCUT2D eigenvalue weighted by molar-refractivity contribution is 0.961. The average Bonchev–Trinajstić information content (AvgIpc) is 2.81. The van der Waals surface area contributed by atoms with E-state index in [1.165, 1.54) is 0 Å². The van der Waals surface area contributed by atoms with Crippen LogP contribution >= 0.6 is 0 Å². The molecule has 0 fully saturated rings. The molecule has 0 aliphatic carbocycles. The van der Waals surface area contributed by atoms with E-state index in [1.54, 1.807) is 18.7 Å². The van der Waals surface area contributed by atoms with Crippen LogP contribution in [0.2, 0.25) is 0 Å². The highest BCUT2D eigenvalue weighted by Gasteiger charge is 2.04. The van der Waals surface area contributed by atoms with E-state index < -0.39 is 0 Å². The van der Waals surface area contributed by atoms with Crippen LogP contribution in [0.15, 0.2) is 43.1 Å². The number of anilines is 1. The Labute approximate surface area is 98.1 Å². The second-order valence-corrected chi connectivity index (χ2v) is 3.65. The highest BCUT2D eigenvalue weighted by atomic mass is 15.2. The van der Waals surface area contributed by atoms with Crippen molar-refractivity contribution in [3.8, 4) is 11.3 Å². The Balaban J connectivity index is 2.15. The normalized spacial score (nSPS) is 10.6. The van der Waals surface area contributed by atoms with Crippen LogP contribution in [0.1, 0.15) is 0 Å². The number of fused-ring (bicyclic) bond motifs is 1. The molecule has 3 rings (SSSR count). The minimum Gasteiger partial charge on any atom is -0.385 e. The molecule has 0 bridgehead atoms. The minimum absolute atomic E-state index is 0.892. The average molecular weight is 225 g/mol. The first-order chi connectivity index (χ1) is 8.38. The largest absolute Gasteiger partial charge is 0.385 e. The third-order valence-electron chi connectivity index (χ3n) is 2.66. The van der Waals surface area contributed by atoms with Crippen molar-refractivity contribution >= 4 is 11.2 Å². The molecule has 84 valence electrons. The maximum atomic E-state index is 4.29. The molecule has 0 aliphatic rings. The molecule has 0 amide bonds. The zero-order chi connectivity index (χ0) is 11.7. The first kappa shape index (κ1) is 9.77. The van der Waals surface area contributed by atoms with Gasteiger partial charge in [0.05, 0.1) is 23.1 Å². The summed E-state index contributed by atoms with van der Waals surface area (Å²) in [5.41, 5.74) is 3.97. The maximum absolute atomic E-state index is 4.29. The van der Waals surface area contributed by atoms with E-state index in [0.717, 1.165) is 22.5 Å². The van der Waals surface area contributed by atoms with Crippen molar-refractivity contribution in [3.63, 3.8) is 0 Å². The number of hydrogen-bond acceptors (Lipinski definition) is 4. The van der Waals surface area contributed by atoms with Crippen LogP contribution in [0.5, 0.6) is 0 Å². The number of hydrogen-bond donors (Lipinski definition) is 1. The third kappa shape index (κ3) is 1.61. The standard InChI is InChI=1S/C12H11N5/c1-13-11-6-16-17-7-9(2-3-12(11)17)10-4-5-14-8-15-10/h2-8,13H,1H3. The van der Waals surface area contributed by atoms with Gasteiger partial charge < -0.3 is 5.32 Å². The number of nitrogens with one attached hydrogen (secondary N) is 1. The van der Waals surface area contributed by atoms with Crippen LogP contribution in [0.25, 0.3) is 16.8 Å². The lowest BCUT2D eigenvalue weighted by atomic mass is 10.2. The second-order valence-electron chi connectivity index (χ2n) is 3.65. The van der Waals surface area contributed by atoms with Crippen LogP contribution in [-0.2, 0) is 0 Å². The number of aromatic nitrogens is 4. The molecule has 0 aromatic carbocycles. The van der Waals surface area contributed by atoms with Gasteiger partial charge in [0.15, 0.2) is 0 Å². The molecule has 1 N–H and O–H groups in total. The summed E-state index contributed by atoms with van der Waals surface area (Å²) in [6, 6.07) is 5.93. The van der Waals surface area contributed by atoms with E-state index in [4.69, 9.17) is 0 Å². The number of pyridine rings is 1. The molecule has 3 aromatic rings. The van der Waals surface area contributed by atoms with Gasteiger partial charge in [-0.2, -0.15) is 5.10 Å². The van der Waals surface area contributed by atoms with Gasteiger partial charge in [-0.25, -0.2) is 14.5 Å². The summed E-state index contributed by atoms with van der Waals surface area (Å²) in [6.07, 6.45) is 7.04. The van der Waals surface area contributed by atoms with Gasteiger partial charge in [-0.3, -0.25) is 0 Å². The molecule has 0 spiro atoms. The summed E-state index contributed by atoms with van der Waals surface area (Å²) in [5, 5.41) is 7.39. The fourth-order valence-electron chi connectivity index (χ4n) is 1.79. The van der Waals surface area contributed by atoms with Crippen molar-refractivity contribution < 1.29 is 0 Å². The number of rotatable bonds is 2. The van der Waals surface area contributed by atoms with Crippen molar-refractivity contribution in [1.29, 1.82) is 0 Å². The van der Waals surface area contributed by atoms with Gasteiger partial charge >= 0.3 is 0 Å². The van der Waals surface area contributed by atoms with E-state index in [1.807, 2.05) is 36.0 Å². The van der Waals surface area contributed by atoms with Crippen LogP contribution in [0.3, 0.4) is 0 Å². The SMILES string of the molecule is CNc1cnn2cc(-c3ccncn3)ccc12. The van der Waals surface area contributed by atoms with Gasteiger partial charge in [-0.05, 0) is 18.2 Å². The van der Waals surface area contributed by atoms with E-state index in [-0.39, 0.29) is 0 Å². The van der Waals surface area contributed by atoms with Gasteiger partial charge in [0.1, 0.15) is 6.33 Å². The molecule has 0 unspecified atom stereocenters. The van der Waals surface area contributed by atoms with E-state index in [0.29, 0.717) is 0 Å². The summed E-state index contributed by atoms with van der Waals surface area (Å²) in [4.78, 5) is 8.12. The Morgan fingerprint density at radius 2 is 2.18 bits per heavy atom. The third-order valence-corrected chi connectivity index (χ3v) is 2.66. The Kier molecular flexibility index (Phi) is 2.22.